The highest BCUT2D eigenvalue weighted by Crippen LogP contribution is 2.23. The zero-order valence-corrected chi connectivity index (χ0v) is 14.4. The molecule has 2 heterocycles. The van der Waals surface area contributed by atoms with E-state index in [1.54, 1.807) is 37.5 Å². The summed E-state index contributed by atoms with van der Waals surface area (Å²) in [5.74, 6) is 0.240. The van der Waals surface area contributed by atoms with Crippen LogP contribution in [0, 0.1) is 0 Å². The van der Waals surface area contributed by atoms with Gasteiger partial charge in [0.1, 0.15) is 0 Å². The molecule has 0 bridgehead atoms. The number of likely N-dealkylation sites (N-methyl/N-ethyl adjacent to an activating group) is 1. The molecule has 6 nitrogen and oxygen atoms in total. The number of aromatic nitrogens is 1. The van der Waals surface area contributed by atoms with Crippen molar-refractivity contribution in [3.05, 3.63) is 39.1 Å². The molecule has 0 spiro atoms. The fourth-order valence-electron chi connectivity index (χ4n) is 1.73. The molecule has 0 aliphatic heterocycles. The predicted molar refractivity (Wildman–Crippen MR) is 88.4 cm³/mol. The summed E-state index contributed by atoms with van der Waals surface area (Å²) >= 11 is 4.63. The molecule has 0 fully saturated rings. The van der Waals surface area contributed by atoms with Gasteiger partial charge < -0.3 is 15.0 Å². The molecule has 0 saturated carbocycles. The van der Waals surface area contributed by atoms with Crippen LogP contribution in [0.3, 0.4) is 0 Å². The number of pyridine rings is 1. The normalized spacial score (nSPS) is 10.1. The molecule has 0 atom stereocenters. The fourth-order valence-corrected chi connectivity index (χ4v) is 3.11. The van der Waals surface area contributed by atoms with E-state index < -0.39 is 0 Å². The number of methoxy groups -OCH3 is 1. The second kappa shape index (κ2) is 7.37. The van der Waals surface area contributed by atoms with E-state index in [2.05, 4.69) is 26.2 Å². The van der Waals surface area contributed by atoms with Crippen LogP contribution in [0.1, 0.15) is 9.67 Å². The van der Waals surface area contributed by atoms with E-state index in [0.29, 0.717) is 16.4 Å². The molecule has 0 radical (unpaired) electrons. The van der Waals surface area contributed by atoms with Crippen molar-refractivity contribution in [3.8, 4) is 5.75 Å². The molecule has 116 valence electrons. The van der Waals surface area contributed by atoms with Crippen molar-refractivity contribution in [2.24, 2.45) is 0 Å². The topological polar surface area (TPSA) is 71.5 Å². The molecular formula is C14H14BrN3O3S. The maximum atomic E-state index is 12.2. The Balaban J connectivity index is 1.98. The first-order valence-electron chi connectivity index (χ1n) is 6.31. The Morgan fingerprint density at radius 3 is 2.82 bits per heavy atom. The summed E-state index contributed by atoms with van der Waals surface area (Å²) < 4.78 is 5.98. The van der Waals surface area contributed by atoms with Crippen LogP contribution in [0.5, 0.6) is 5.75 Å². The fraction of sp³-hybridized carbons (Fsp3) is 0.214. The Hall–Kier alpha value is -1.93. The number of halogens is 1. The number of anilines is 1. The predicted octanol–water partition coefficient (Wildman–Crippen LogP) is 2.62. The number of nitrogens with zero attached hydrogens (tertiary/aromatic N) is 2. The first-order valence-corrected chi connectivity index (χ1v) is 7.92. The maximum Gasteiger partial charge on any atom is 0.264 e. The number of hydrogen-bond acceptors (Lipinski definition) is 5. The standard InChI is InChI=1S/C14H14BrN3O3S/c1-18(14(20)10-5-6-11(15)22-10)8-12(19)17-13-9(21-2)4-3-7-16-13/h3-7H,8H2,1-2H3,(H,16,17,19). The molecule has 0 saturated heterocycles. The zero-order chi connectivity index (χ0) is 16.1. The lowest BCUT2D eigenvalue weighted by molar-refractivity contribution is -0.116. The van der Waals surface area contributed by atoms with E-state index in [0.717, 1.165) is 3.79 Å². The molecular weight excluding hydrogens is 370 g/mol. The van der Waals surface area contributed by atoms with Gasteiger partial charge >= 0.3 is 0 Å². The van der Waals surface area contributed by atoms with Gasteiger partial charge in [-0.15, -0.1) is 11.3 Å². The van der Waals surface area contributed by atoms with E-state index in [-0.39, 0.29) is 18.4 Å². The molecule has 1 N–H and O–H groups in total. The van der Waals surface area contributed by atoms with Crippen LogP contribution in [0.4, 0.5) is 5.82 Å². The Morgan fingerprint density at radius 1 is 1.41 bits per heavy atom. The molecule has 0 unspecified atom stereocenters. The number of ether oxygens (including phenoxy) is 1. The Kier molecular flexibility index (Phi) is 5.51. The van der Waals surface area contributed by atoms with Gasteiger partial charge in [0.2, 0.25) is 5.91 Å². The van der Waals surface area contributed by atoms with Crippen LogP contribution in [-0.4, -0.2) is 42.4 Å². The van der Waals surface area contributed by atoms with Crippen LogP contribution in [0.25, 0.3) is 0 Å². The molecule has 8 heteroatoms. The third-order valence-corrected chi connectivity index (χ3v) is 4.37. The monoisotopic (exact) mass is 383 g/mol. The van der Waals surface area contributed by atoms with Crippen LogP contribution in [0.15, 0.2) is 34.2 Å². The summed E-state index contributed by atoms with van der Waals surface area (Å²) in [7, 11) is 3.07. The first-order chi connectivity index (χ1) is 10.5. The average molecular weight is 384 g/mol. The molecule has 2 rings (SSSR count). The first kappa shape index (κ1) is 16.4. The molecule has 2 aromatic rings. The van der Waals surface area contributed by atoms with Gasteiger partial charge in [0, 0.05) is 13.2 Å². The highest BCUT2D eigenvalue weighted by Gasteiger charge is 2.17. The second-order valence-electron chi connectivity index (χ2n) is 4.37. The Bertz CT molecular complexity index is 689. The van der Waals surface area contributed by atoms with Gasteiger partial charge in [0.25, 0.3) is 5.91 Å². The van der Waals surface area contributed by atoms with E-state index in [1.807, 2.05) is 0 Å². The smallest absolute Gasteiger partial charge is 0.264 e. The molecule has 0 aromatic carbocycles. The molecule has 0 aliphatic carbocycles. The van der Waals surface area contributed by atoms with Gasteiger partial charge in [0.15, 0.2) is 11.6 Å². The highest BCUT2D eigenvalue weighted by molar-refractivity contribution is 9.11. The molecule has 22 heavy (non-hydrogen) atoms. The summed E-state index contributed by atoms with van der Waals surface area (Å²) in [6.45, 7) is -0.0753. The van der Waals surface area contributed by atoms with Gasteiger partial charge in [0.05, 0.1) is 22.3 Å². The van der Waals surface area contributed by atoms with Gasteiger partial charge in [-0.3, -0.25) is 9.59 Å². The van der Waals surface area contributed by atoms with Crippen molar-refractivity contribution in [1.82, 2.24) is 9.88 Å². The number of carbonyl (C=O) groups is 2. The minimum atomic E-state index is -0.344. The van der Waals surface area contributed by atoms with Crippen molar-refractivity contribution in [3.63, 3.8) is 0 Å². The summed E-state index contributed by atoms with van der Waals surface area (Å²) in [5.41, 5.74) is 0. The highest BCUT2D eigenvalue weighted by atomic mass is 79.9. The second-order valence-corrected chi connectivity index (χ2v) is 6.83. The number of rotatable bonds is 5. The van der Waals surface area contributed by atoms with E-state index >= 15 is 0 Å². The number of thiophene rings is 1. The summed E-state index contributed by atoms with van der Waals surface area (Å²) in [5, 5.41) is 2.63. The molecule has 2 aromatic heterocycles. The van der Waals surface area contributed by atoms with Gasteiger partial charge in [-0.05, 0) is 40.2 Å². The van der Waals surface area contributed by atoms with Crippen LogP contribution >= 0.6 is 27.3 Å². The van der Waals surface area contributed by atoms with Crippen LogP contribution in [-0.2, 0) is 4.79 Å². The molecule has 0 aliphatic rings. The van der Waals surface area contributed by atoms with Gasteiger partial charge in [-0.2, -0.15) is 0 Å². The van der Waals surface area contributed by atoms with E-state index in [9.17, 15) is 9.59 Å². The summed E-state index contributed by atoms with van der Waals surface area (Å²) in [4.78, 5) is 30.1. The number of carbonyl (C=O) groups excluding carboxylic acids is 2. The minimum Gasteiger partial charge on any atom is -0.493 e. The van der Waals surface area contributed by atoms with Crippen molar-refractivity contribution in [2.75, 3.05) is 26.0 Å². The van der Waals surface area contributed by atoms with Crippen LogP contribution in [0.2, 0.25) is 0 Å². The summed E-state index contributed by atoms with van der Waals surface area (Å²) in [6, 6.07) is 6.91. The average Bonchev–Trinajstić information content (AvgIpc) is 2.93. The lowest BCUT2D eigenvalue weighted by Gasteiger charge is -2.16. The van der Waals surface area contributed by atoms with E-state index in [1.165, 1.54) is 23.3 Å². The zero-order valence-electron chi connectivity index (χ0n) is 12.0. The van der Waals surface area contributed by atoms with Crippen molar-refractivity contribution >= 4 is 44.9 Å². The largest absolute Gasteiger partial charge is 0.493 e. The van der Waals surface area contributed by atoms with Gasteiger partial charge in [-0.25, -0.2) is 4.98 Å². The van der Waals surface area contributed by atoms with E-state index in [4.69, 9.17) is 4.74 Å². The Labute approximate surface area is 140 Å². The van der Waals surface area contributed by atoms with Crippen LogP contribution < -0.4 is 10.1 Å². The third-order valence-electron chi connectivity index (χ3n) is 2.76. The maximum absolute atomic E-state index is 12.2. The van der Waals surface area contributed by atoms with Gasteiger partial charge in [-0.1, -0.05) is 0 Å². The Morgan fingerprint density at radius 2 is 2.18 bits per heavy atom. The lowest BCUT2D eigenvalue weighted by atomic mass is 10.4. The number of amides is 2. The SMILES string of the molecule is COc1cccnc1NC(=O)CN(C)C(=O)c1ccc(Br)s1. The minimum absolute atomic E-state index is 0.0753. The summed E-state index contributed by atoms with van der Waals surface area (Å²) in [6.07, 6.45) is 1.55. The van der Waals surface area contributed by atoms with Crippen molar-refractivity contribution in [2.45, 2.75) is 0 Å². The lowest BCUT2D eigenvalue weighted by Crippen LogP contribution is -2.34. The van der Waals surface area contributed by atoms with Crippen molar-refractivity contribution < 1.29 is 14.3 Å². The number of hydrogen-bond donors (Lipinski definition) is 1. The third kappa shape index (κ3) is 4.05. The molecule has 2 amide bonds. The van der Waals surface area contributed by atoms with Crippen molar-refractivity contribution in [1.29, 1.82) is 0 Å². The quantitative estimate of drug-likeness (QED) is 0.861. The number of nitrogens with one attached hydrogen (secondary N) is 1.